The number of likely N-dealkylation sites (tertiary alicyclic amines) is 1. The van der Waals surface area contributed by atoms with Crippen LogP contribution in [0.15, 0.2) is 48.5 Å². The van der Waals surface area contributed by atoms with E-state index in [-0.39, 0.29) is 43.7 Å². The second-order valence-electron chi connectivity index (χ2n) is 9.26. The van der Waals surface area contributed by atoms with Crippen molar-refractivity contribution in [2.75, 3.05) is 51.0 Å². The highest BCUT2D eigenvalue weighted by Gasteiger charge is 2.54. The van der Waals surface area contributed by atoms with Gasteiger partial charge in [-0.3, -0.25) is 14.4 Å². The van der Waals surface area contributed by atoms with Crippen molar-refractivity contribution in [3.05, 3.63) is 65.7 Å². The molecule has 2 aromatic rings. The lowest BCUT2D eigenvalue weighted by Crippen LogP contribution is -2.57. The van der Waals surface area contributed by atoms with Crippen LogP contribution in [0.2, 0.25) is 0 Å². The van der Waals surface area contributed by atoms with Crippen LogP contribution in [0.5, 0.6) is 0 Å². The highest BCUT2D eigenvalue weighted by atomic mass is 19.1. The van der Waals surface area contributed by atoms with Crippen molar-refractivity contribution in [2.45, 2.75) is 31.7 Å². The summed E-state index contributed by atoms with van der Waals surface area (Å²) in [5.74, 6) is -2.60. The summed E-state index contributed by atoms with van der Waals surface area (Å²) in [5.41, 5.74) is -0.271. The third-order valence-electron chi connectivity index (χ3n) is 6.95. The molecule has 8 nitrogen and oxygen atoms in total. The normalized spacial score (nSPS) is 16.9. The van der Waals surface area contributed by atoms with Gasteiger partial charge in [0.1, 0.15) is 23.7 Å². The van der Waals surface area contributed by atoms with E-state index in [0.29, 0.717) is 45.1 Å². The Kier molecular flexibility index (Phi) is 8.38. The first-order valence-electron chi connectivity index (χ1n) is 12.6. The van der Waals surface area contributed by atoms with Gasteiger partial charge in [0.2, 0.25) is 5.91 Å². The molecule has 0 aliphatic carbocycles. The Balaban J connectivity index is 1.47. The van der Waals surface area contributed by atoms with Crippen molar-refractivity contribution in [1.82, 2.24) is 15.1 Å². The van der Waals surface area contributed by atoms with E-state index < -0.39 is 23.1 Å². The summed E-state index contributed by atoms with van der Waals surface area (Å²) in [6.45, 7) is 4.18. The zero-order valence-electron chi connectivity index (χ0n) is 20.9. The largest absolute Gasteiger partial charge is 0.382 e. The number of hydrogen-bond donors (Lipinski definition) is 1. The Morgan fingerprint density at radius 3 is 2.49 bits per heavy atom. The predicted molar refractivity (Wildman–Crippen MR) is 134 cm³/mol. The van der Waals surface area contributed by atoms with E-state index >= 15 is 0 Å². The van der Waals surface area contributed by atoms with E-state index in [2.05, 4.69) is 5.32 Å². The lowest BCUT2D eigenvalue weighted by atomic mass is 9.85. The van der Waals surface area contributed by atoms with E-state index in [1.165, 1.54) is 4.90 Å². The highest BCUT2D eigenvalue weighted by molar-refractivity contribution is 5.97. The number of nitrogens with zero attached hydrogens (tertiary/aromatic N) is 3. The zero-order valence-corrected chi connectivity index (χ0v) is 20.9. The van der Waals surface area contributed by atoms with Gasteiger partial charge in [-0.05, 0) is 50.5 Å². The van der Waals surface area contributed by atoms with Crippen molar-refractivity contribution in [3.63, 3.8) is 0 Å². The molecular formula is C27H32F2N4O4. The summed E-state index contributed by atoms with van der Waals surface area (Å²) in [6, 6.07) is 12.4. The van der Waals surface area contributed by atoms with Crippen LogP contribution in [0, 0.1) is 11.6 Å². The Bertz CT molecular complexity index is 1120. The lowest BCUT2D eigenvalue weighted by molar-refractivity contribution is -0.137. The Morgan fingerprint density at radius 1 is 1.08 bits per heavy atom. The molecule has 0 saturated carbocycles. The number of piperidine rings is 1. The monoisotopic (exact) mass is 514 g/mol. The fourth-order valence-electron chi connectivity index (χ4n) is 5.01. The van der Waals surface area contributed by atoms with Gasteiger partial charge in [0.15, 0.2) is 0 Å². The molecule has 2 aliphatic rings. The minimum atomic E-state index is -0.922. The first-order valence-corrected chi connectivity index (χ1v) is 12.6. The van der Waals surface area contributed by atoms with Gasteiger partial charge in [-0.1, -0.05) is 18.2 Å². The van der Waals surface area contributed by atoms with Gasteiger partial charge in [-0.25, -0.2) is 8.78 Å². The van der Waals surface area contributed by atoms with Gasteiger partial charge in [-0.15, -0.1) is 0 Å². The van der Waals surface area contributed by atoms with Crippen LogP contribution in [0.4, 0.5) is 14.5 Å². The Morgan fingerprint density at radius 2 is 1.81 bits per heavy atom. The molecule has 2 aliphatic heterocycles. The number of anilines is 1. The summed E-state index contributed by atoms with van der Waals surface area (Å²) in [4.78, 5) is 44.3. The highest BCUT2D eigenvalue weighted by Crippen LogP contribution is 2.39. The standard InChI is InChI=1S/C27H32F2N4O4/c1-2-37-16-6-13-30-24(34)18-32-19-33(21-7-4-3-5-8-21)27(26(32)36)11-14-31(15-12-27)25(35)22-10-9-20(28)17-23(22)29/h3-5,7-10,17H,2,6,11-16,18-19H2,1H3,(H,30,34). The minimum Gasteiger partial charge on any atom is -0.382 e. The van der Waals surface area contributed by atoms with E-state index in [1.807, 2.05) is 42.2 Å². The molecule has 3 amide bonds. The maximum atomic E-state index is 14.2. The molecule has 2 saturated heterocycles. The smallest absolute Gasteiger partial charge is 0.256 e. The number of carbonyl (C=O) groups is 3. The maximum absolute atomic E-state index is 14.2. The van der Waals surface area contributed by atoms with Crippen LogP contribution < -0.4 is 10.2 Å². The number of rotatable bonds is 9. The molecule has 1 spiro atoms. The molecule has 37 heavy (non-hydrogen) atoms. The quantitative estimate of drug-likeness (QED) is 0.521. The first-order chi connectivity index (χ1) is 17.9. The topological polar surface area (TPSA) is 82.2 Å². The summed E-state index contributed by atoms with van der Waals surface area (Å²) in [5, 5.41) is 2.84. The molecule has 0 aromatic heterocycles. The predicted octanol–water partition coefficient (Wildman–Crippen LogP) is 2.79. The molecule has 2 fully saturated rings. The van der Waals surface area contributed by atoms with Crippen LogP contribution in [0.3, 0.4) is 0 Å². The summed E-state index contributed by atoms with van der Waals surface area (Å²) in [6.07, 6.45) is 1.33. The van der Waals surface area contributed by atoms with Crippen LogP contribution in [-0.4, -0.2) is 79.1 Å². The van der Waals surface area contributed by atoms with Gasteiger partial charge in [0, 0.05) is 44.6 Å². The van der Waals surface area contributed by atoms with Crippen molar-refractivity contribution in [1.29, 1.82) is 0 Å². The molecule has 0 unspecified atom stereocenters. The Labute approximate surface area is 215 Å². The number of benzene rings is 2. The molecule has 10 heteroatoms. The van der Waals surface area contributed by atoms with E-state index in [1.54, 1.807) is 4.90 Å². The van der Waals surface area contributed by atoms with E-state index in [4.69, 9.17) is 4.74 Å². The van der Waals surface area contributed by atoms with Crippen LogP contribution in [-0.2, 0) is 14.3 Å². The van der Waals surface area contributed by atoms with Crippen LogP contribution in [0.25, 0.3) is 0 Å². The van der Waals surface area contributed by atoms with Gasteiger partial charge in [0.05, 0.1) is 12.2 Å². The number of carbonyl (C=O) groups excluding carboxylic acids is 3. The van der Waals surface area contributed by atoms with Crippen molar-refractivity contribution in [2.24, 2.45) is 0 Å². The number of ether oxygens (including phenoxy) is 1. The Hall–Kier alpha value is -3.53. The molecule has 4 rings (SSSR count). The summed E-state index contributed by atoms with van der Waals surface area (Å²) < 4.78 is 32.8. The number of para-hydroxylation sites is 1. The number of hydrogen-bond acceptors (Lipinski definition) is 5. The fraction of sp³-hybridized carbons (Fsp3) is 0.444. The van der Waals surface area contributed by atoms with Gasteiger partial charge in [-0.2, -0.15) is 0 Å². The maximum Gasteiger partial charge on any atom is 0.256 e. The molecule has 2 aromatic carbocycles. The second kappa shape index (κ2) is 11.7. The minimum absolute atomic E-state index is 0.0675. The SMILES string of the molecule is CCOCCCNC(=O)CN1CN(c2ccccc2)C2(CCN(C(=O)c3ccc(F)cc3F)CC2)C1=O. The molecule has 198 valence electrons. The summed E-state index contributed by atoms with van der Waals surface area (Å²) >= 11 is 0. The number of nitrogens with one attached hydrogen (secondary N) is 1. The second-order valence-corrected chi connectivity index (χ2v) is 9.26. The molecule has 2 heterocycles. The third kappa shape index (κ3) is 5.74. The van der Waals surface area contributed by atoms with Gasteiger partial charge in [0.25, 0.3) is 11.8 Å². The van der Waals surface area contributed by atoms with Crippen LogP contribution >= 0.6 is 0 Å². The van der Waals surface area contributed by atoms with Gasteiger partial charge < -0.3 is 24.8 Å². The van der Waals surface area contributed by atoms with Gasteiger partial charge >= 0.3 is 0 Å². The van der Waals surface area contributed by atoms with Crippen molar-refractivity contribution >= 4 is 23.4 Å². The molecule has 0 bridgehead atoms. The number of amides is 3. The number of halogens is 2. The van der Waals surface area contributed by atoms with E-state index in [9.17, 15) is 23.2 Å². The van der Waals surface area contributed by atoms with E-state index in [0.717, 1.165) is 17.8 Å². The van der Waals surface area contributed by atoms with Crippen molar-refractivity contribution in [3.8, 4) is 0 Å². The average molecular weight is 515 g/mol. The zero-order chi connectivity index (χ0) is 26.4. The lowest BCUT2D eigenvalue weighted by Gasteiger charge is -2.43. The molecule has 0 radical (unpaired) electrons. The average Bonchev–Trinajstić information content (AvgIpc) is 3.15. The molecule has 0 atom stereocenters. The molecular weight excluding hydrogens is 482 g/mol. The molecule has 1 N–H and O–H groups in total. The summed E-state index contributed by atoms with van der Waals surface area (Å²) in [7, 11) is 0. The van der Waals surface area contributed by atoms with Crippen molar-refractivity contribution < 1.29 is 27.9 Å². The fourth-order valence-corrected chi connectivity index (χ4v) is 5.01. The third-order valence-corrected chi connectivity index (χ3v) is 6.95. The first kappa shape index (κ1) is 26.5. The van der Waals surface area contributed by atoms with Crippen LogP contribution in [0.1, 0.15) is 36.5 Å².